The van der Waals surface area contributed by atoms with E-state index in [1.54, 1.807) is 36.4 Å². The van der Waals surface area contributed by atoms with E-state index in [-0.39, 0.29) is 30.8 Å². The van der Waals surface area contributed by atoms with E-state index in [2.05, 4.69) is 0 Å². The van der Waals surface area contributed by atoms with Gasteiger partial charge < -0.3 is 28.4 Å². The number of rotatable bonds is 10. The number of hydrogen-bond donors (Lipinski definition) is 0. The van der Waals surface area contributed by atoms with E-state index in [9.17, 15) is 9.59 Å². The van der Waals surface area contributed by atoms with Crippen molar-refractivity contribution < 1.29 is 38.0 Å². The Hall–Kier alpha value is -3.42. The molecule has 0 heterocycles. The SMILES string of the molecule is COc1cccc(OC)c1OC(=O)CCCC(=O)Oc1c(OC)cccc1OC. The van der Waals surface area contributed by atoms with E-state index in [4.69, 9.17) is 28.4 Å². The molecule has 0 atom stereocenters. The normalized spacial score (nSPS) is 10.1. The first kappa shape index (κ1) is 21.9. The molecule has 156 valence electrons. The van der Waals surface area contributed by atoms with E-state index in [1.165, 1.54) is 28.4 Å². The van der Waals surface area contributed by atoms with Gasteiger partial charge in [0.05, 0.1) is 28.4 Å². The maximum absolute atomic E-state index is 12.2. The number of esters is 2. The van der Waals surface area contributed by atoms with Gasteiger partial charge in [-0.1, -0.05) is 12.1 Å². The van der Waals surface area contributed by atoms with Gasteiger partial charge in [0.2, 0.25) is 11.5 Å². The second kappa shape index (κ2) is 10.8. The van der Waals surface area contributed by atoms with Crippen LogP contribution in [0.1, 0.15) is 19.3 Å². The van der Waals surface area contributed by atoms with Gasteiger partial charge in [-0.2, -0.15) is 0 Å². The number of methoxy groups -OCH3 is 4. The molecule has 8 nitrogen and oxygen atoms in total. The first-order valence-corrected chi connectivity index (χ1v) is 8.87. The molecule has 0 bridgehead atoms. The Kier molecular flexibility index (Phi) is 8.14. The number of carbonyl (C=O) groups excluding carboxylic acids is 2. The fourth-order valence-corrected chi connectivity index (χ4v) is 2.54. The molecule has 0 aliphatic heterocycles. The van der Waals surface area contributed by atoms with Gasteiger partial charge in [-0.25, -0.2) is 0 Å². The minimum Gasteiger partial charge on any atom is -0.493 e. The van der Waals surface area contributed by atoms with Gasteiger partial charge in [-0.15, -0.1) is 0 Å². The van der Waals surface area contributed by atoms with Crippen LogP contribution in [0.15, 0.2) is 36.4 Å². The third-order valence-electron chi connectivity index (χ3n) is 3.96. The number of hydrogen-bond acceptors (Lipinski definition) is 8. The molecular weight excluding hydrogens is 380 g/mol. The second-order valence-electron chi connectivity index (χ2n) is 5.79. The summed E-state index contributed by atoms with van der Waals surface area (Å²) < 4.78 is 31.4. The highest BCUT2D eigenvalue weighted by molar-refractivity contribution is 5.77. The van der Waals surface area contributed by atoms with Crippen LogP contribution in [0.2, 0.25) is 0 Å². The molecule has 0 radical (unpaired) electrons. The molecule has 0 fully saturated rings. The minimum atomic E-state index is -0.518. The zero-order valence-corrected chi connectivity index (χ0v) is 16.9. The highest BCUT2D eigenvalue weighted by Crippen LogP contribution is 2.38. The van der Waals surface area contributed by atoms with Crippen molar-refractivity contribution in [3.05, 3.63) is 36.4 Å². The van der Waals surface area contributed by atoms with Crippen LogP contribution in [0.3, 0.4) is 0 Å². The van der Waals surface area contributed by atoms with Crippen LogP contribution in [0.5, 0.6) is 34.5 Å². The molecule has 0 N–H and O–H groups in total. The van der Waals surface area contributed by atoms with Crippen LogP contribution in [0.25, 0.3) is 0 Å². The Labute approximate surface area is 169 Å². The van der Waals surface area contributed by atoms with Crippen LogP contribution >= 0.6 is 0 Å². The molecule has 2 aromatic rings. The lowest BCUT2D eigenvalue weighted by molar-refractivity contribution is -0.136. The van der Waals surface area contributed by atoms with Crippen molar-refractivity contribution in [1.29, 1.82) is 0 Å². The second-order valence-corrected chi connectivity index (χ2v) is 5.79. The molecule has 2 rings (SSSR count). The molecule has 0 aromatic heterocycles. The fourth-order valence-electron chi connectivity index (χ4n) is 2.54. The van der Waals surface area contributed by atoms with Crippen molar-refractivity contribution in [2.45, 2.75) is 19.3 Å². The largest absolute Gasteiger partial charge is 0.493 e. The summed E-state index contributed by atoms with van der Waals surface area (Å²) in [6, 6.07) is 10.1. The molecule has 0 amide bonds. The summed E-state index contributed by atoms with van der Waals surface area (Å²) in [5.41, 5.74) is 0. The van der Waals surface area contributed by atoms with E-state index in [0.717, 1.165) is 0 Å². The highest BCUT2D eigenvalue weighted by atomic mass is 16.6. The average molecular weight is 404 g/mol. The van der Waals surface area contributed by atoms with Crippen LogP contribution in [-0.2, 0) is 9.59 Å². The Morgan fingerprint density at radius 1 is 0.621 bits per heavy atom. The maximum Gasteiger partial charge on any atom is 0.311 e. The van der Waals surface area contributed by atoms with Crippen LogP contribution in [-0.4, -0.2) is 40.4 Å². The maximum atomic E-state index is 12.2. The van der Waals surface area contributed by atoms with Crippen molar-refractivity contribution in [3.8, 4) is 34.5 Å². The number of benzene rings is 2. The Balaban J connectivity index is 1.91. The summed E-state index contributed by atoms with van der Waals surface area (Å²) in [6.07, 6.45) is 0.269. The fraction of sp³-hybridized carbons (Fsp3) is 0.333. The van der Waals surface area contributed by atoms with Crippen molar-refractivity contribution in [1.82, 2.24) is 0 Å². The predicted octanol–water partition coefficient (Wildman–Crippen LogP) is 3.40. The molecule has 29 heavy (non-hydrogen) atoms. The zero-order chi connectivity index (χ0) is 21.2. The third-order valence-corrected chi connectivity index (χ3v) is 3.96. The van der Waals surface area contributed by atoms with Crippen molar-refractivity contribution >= 4 is 11.9 Å². The Morgan fingerprint density at radius 2 is 0.931 bits per heavy atom. The number of carbonyl (C=O) groups is 2. The summed E-state index contributed by atoms with van der Waals surface area (Å²) in [7, 11) is 5.87. The van der Waals surface area contributed by atoms with Crippen LogP contribution < -0.4 is 28.4 Å². The molecule has 0 aliphatic carbocycles. The smallest absolute Gasteiger partial charge is 0.311 e. The van der Waals surface area contributed by atoms with Crippen molar-refractivity contribution in [2.75, 3.05) is 28.4 Å². The average Bonchev–Trinajstić information content (AvgIpc) is 2.73. The summed E-state index contributed by atoms with van der Waals surface area (Å²) in [6.45, 7) is 0. The van der Waals surface area contributed by atoms with Crippen LogP contribution in [0, 0.1) is 0 Å². The van der Waals surface area contributed by atoms with E-state index in [0.29, 0.717) is 23.0 Å². The van der Waals surface area contributed by atoms with Gasteiger partial charge >= 0.3 is 11.9 Å². The lowest BCUT2D eigenvalue weighted by atomic mass is 10.2. The van der Waals surface area contributed by atoms with Gasteiger partial charge in [0.25, 0.3) is 0 Å². The van der Waals surface area contributed by atoms with Gasteiger partial charge in [0.15, 0.2) is 23.0 Å². The van der Waals surface area contributed by atoms with Crippen molar-refractivity contribution in [2.24, 2.45) is 0 Å². The molecule has 8 heteroatoms. The number of ether oxygens (including phenoxy) is 6. The highest BCUT2D eigenvalue weighted by Gasteiger charge is 2.18. The Bertz CT molecular complexity index is 733. The quantitative estimate of drug-likeness (QED) is 0.440. The molecule has 0 aliphatic rings. The molecule has 0 saturated heterocycles. The van der Waals surface area contributed by atoms with Gasteiger partial charge in [0, 0.05) is 12.8 Å². The summed E-state index contributed by atoms with van der Waals surface area (Å²) in [5.74, 6) is 0.861. The summed E-state index contributed by atoms with van der Waals surface area (Å²) in [4.78, 5) is 24.3. The monoisotopic (exact) mass is 404 g/mol. The van der Waals surface area contributed by atoms with Gasteiger partial charge in [-0.05, 0) is 30.7 Å². The first-order chi connectivity index (χ1) is 14.0. The van der Waals surface area contributed by atoms with Gasteiger partial charge in [0.1, 0.15) is 0 Å². The number of para-hydroxylation sites is 2. The lowest BCUT2D eigenvalue weighted by Gasteiger charge is -2.13. The minimum absolute atomic E-state index is 0.0133. The predicted molar refractivity (Wildman–Crippen MR) is 104 cm³/mol. The zero-order valence-electron chi connectivity index (χ0n) is 16.9. The lowest BCUT2D eigenvalue weighted by Crippen LogP contribution is -2.13. The molecular formula is C21H24O8. The Morgan fingerprint density at radius 3 is 1.21 bits per heavy atom. The van der Waals surface area contributed by atoms with E-state index in [1.807, 2.05) is 0 Å². The molecule has 0 unspecified atom stereocenters. The van der Waals surface area contributed by atoms with Gasteiger partial charge in [-0.3, -0.25) is 9.59 Å². The molecule has 2 aromatic carbocycles. The molecule has 0 saturated carbocycles. The molecule has 0 spiro atoms. The first-order valence-electron chi connectivity index (χ1n) is 8.87. The third kappa shape index (κ3) is 5.78. The van der Waals surface area contributed by atoms with E-state index >= 15 is 0 Å². The van der Waals surface area contributed by atoms with Crippen LogP contribution in [0.4, 0.5) is 0 Å². The standard InChI is InChI=1S/C21H24O8/c1-24-14-8-5-9-15(25-2)20(14)28-18(22)12-7-13-19(23)29-21-16(26-3)10-6-11-17(21)27-4/h5-6,8-11H,7,12-13H2,1-4H3. The summed E-state index contributed by atoms with van der Waals surface area (Å²) in [5, 5.41) is 0. The summed E-state index contributed by atoms with van der Waals surface area (Å²) >= 11 is 0. The van der Waals surface area contributed by atoms with Crippen molar-refractivity contribution in [3.63, 3.8) is 0 Å². The van der Waals surface area contributed by atoms with E-state index < -0.39 is 11.9 Å². The topological polar surface area (TPSA) is 89.5 Å².